The van der Waals surface area contributed by atoms with E-state index in [0.29, 0.717) is 10.3 Å². The first-order valence-corrected chi connectivity index (χ1v) is 9.94. The van der Waals surface area contributed by atoms with E-state index in [2.05, 4.69) is 4.99 Å². The Bertz CT molecular complexity index is 1150. The third-order valence-electron chi connectivity index (χ3n) is 4.96. The SMILES string of the molecule is COC(=O)Cn1c(=NC(=O)c2ccc3c(c2)CCCC3)sc2cccc(F)c21. The molecule has 0 atom stereocenters. The van der Waals surface area contributed by atoms with Crippen LogP contribution in [0.1, 0.15) is 34.3 Å². The molecule has 2 aromatic carbocycles. The number of hydrogen-bond donors (Lipinski definition) is 0. The number of methoxy groups -OCH3 is 1. The zero-order valence-corrected chi connectivity index (χ0v) is 16.2. The van der Waals surface area contributed by atoms with Crippen molar-refractivity contribution in [2.75, 3.05) is 7.11 Å². The van der Waals surface area contributed by atoms with Gasteiger partial charge in [0.25, 0.3) is 5.91 Å². The number of benzene rings is 2. The summed E-state index contributed by atoms with van der Waals surface area (Å²) in [5.74, 6) is -1.41. The van der Waals surface area contributed by atoms with Gasteiger partial charge < -0.3 is 9.30 Å². The minimum Gasteiger partial charge on any atom is -0.468 e. The minimum atomic E-state index is -0.536. The molecule has 0 saturated carbocycles. The maximum Gasteiger partial charge on any atom is 0.325 e. The lowest BCUT2D eigenvalue weighted by Gasteiger charge is -2.15. The molecule has 7 heteroatoms. The smallest absolute Gasteiger partial charge is 0.325 e. The van der Waals surface area contributed by atoms with Crippen molar-refractivity contribution in [1.29, 1.82) is 0 Å². The van der Waals surface area contributed by atoms with Gasteiger partial charge in [-0.05, 0) is 61.1 Å². The number of halogens is 1. The number of thiazole rings is 1. The quantitative estimate of drug-likeness (QED) is 0.633. The van der Waals surface area contributed by atoms with E-state index >= 15 is 0 Å². The maximum atomic E-state index is 14.4. The Hall–Kier alpha value is -2.80. The van der Waals surface area contributed by atoms with E-state index in [1.807, 2.05) is 12.1 Å². The number of esters is 1. The van der Waals surface area contributed by atoms with Crippen LogP contribution in [0, 0.1) is 5.82 Å². The molecular formula is C21H19FN2O3S. The molecule has 0 radical (unpaired) electrons. The van der Waals surface area contributed by atoms with Gasteiger partial charge in [-0.1, -0.05) is 23.5 Å². The van der Waals surface area contributed by atoms with E-state index in [0.717, 1.165) is 19.3 Å². The summed E-state index contributed by atoms with van der Waals surface area (Å²) < 4.78 is 21.1. The van der Waals surface area contributed by atoms with Gasteiger partial charge >= 0.3 is 5.97 Å². The largest absolute Gasteiger partial charge is 0.468 e. The molecule has 5 nitrogen and oxygen atoms in total. The molecule has 144 valence electrons. The lowest BCUT2D eigenvalue weighted by atomic mass is 9.90. The Morgan fingerprint density at radius 1 is 1.18 bits per heavy atom. The molecule has 0 spiro atoms. The highest BCUT2D eigenvalue weighted by Crippen LogP contribution is 2.23. The minimum absolute atomic E-state index is 0.215. The molecular weight excluding hydrogens is 379 g/mol. The molecule has 1 aromatic heterocycles. The van der Waals surface area contributed by atoms with E-state index < -0.39 is 17.7 Å². The molecule has 4 rings (SSSR count). The fraction of sp³-hybridized carbons (Fsp3) is 0.286. The first kappa shape index (κ1) is 18.6. The number of para-hydroxylation sites is 1. The average molecular weight is 398 g/mol. The van der Waals surface area contributed by atoms with Crippen LogP contribution in [-0.2, 0) is 28.9 Å². The first-order valence-electron chi connectivity index (χ1n) is 9.12. The van der Waals surface area contributed by atoms with Crippen molar-refractivity contribution in [3.8, 4) is 0 Å². The van der Waals surface area contributed by atoms with Gasteiger partial charge in [0.1, 0.15) is 12.4 Å². The highest BCUT2D eigenvalue weighted by molar-refractivity contribution is 7.16. The fourth-order valence-corrected chi connectivity index (χ4v) is 4.57. The van der Waals surface area contributed by atoms with Crippen LogP contribution in [0.3, 0.4) is 0 Å². The summed E-state index contributed by atoms with van der Waals surface area (Å²) in [7, 11) is 1.27. The van der Waals surface area contributed by atoms with Crippen LogP contribution in [0.15, 0.2) is 41.4 Å². The van der Waals surface area contributed by atoms with Crippen molar-refractivity contribution in [2.45, 2.75) is 32.2 Å². The summed E-state index contributed by atoms with van der Waals surface area (Å²) in [5, 5.41) is 0. The summed E-state index contributed by atoms with van der Waals surface area (Å²) in [6.07, 6.45) is 4.30. The van der Waals surface area contributed by atoms with Crippen molar-refractivity contribution in [3.05, 3.63) is 63.7 Å². The number of rotatable bonds is 3. The Kier molecular flexibility index (Phi) is 5.09. The molecule has 0 unspecified atom stereocenters. The third-order valence-corrected chi connectivity index (χ3v) is 6.00. The van der Waals surface area contributed by atoms with Crippen LogP contribution in [0.5, 0.6) is 0 Å². The second-order valence-corrected chi connectivity index (χ2v) is 7.75. The van der Waals surface area contributed by atoms with Gasteiger partial charge in [0.05, 0.1) is 17.3 Å². The van der Waals surface area contributed by atoms with Gasteiger partial charge in [-0.2, -0.15) is 4.99 Å². The van der Waals surface area contributed by atoms with Crippen LogP contribution in [0.2, 0.25) is 0 Å². The third kappa shape index (κ3) is 3.49. The molecule has 28 heavy (non-hydrogen) atoms. The number of aromatic nitrogens is 1. The van der Waals surface area contributed by atoms with E-state index in [1.165, 1.54) is 46.6 Å². The molecule has 0 aliphatic heterocycles. The lowest BCUT2D eigenvalue weighted by molar-refractivity contribution is -0.141. The average Bonchev–Trinajstić information content (AvgIpc) is 3.05. The Morgan fingerprint density at radius 2 is 1.96 bits per heavy atom. The number of nitrogens with zero attached hydrogens (tertiary/aromatic N) is 2. The lowest BCUT2D eigenvalue weighted by Crippen LogP contribution is -2.23. The molecule has 1 aliphatic carbocycles. The number of amides is 1. The standard InChI is InChI=1S/C21H19FN2O3S/c1-27-18(25)12-24-19-16(22)7-4-8-17(19)28-21(24)23-20(26)15-10-9-13-5-2-3-6-14(13)11-15/h4,7-11H,2-3,5-6,12H2,1H3. The molecule has 0 N–H and O–H groups in total. The molecule has 1 heterocycles. The number of carbonyl (C=O) groups is 2. The van der Waals surface area contributed by atoms with Crippen LogP contribution >= 0.6 is 11.3 Å². The van der Waals surface area contributed by atoms with E-state index in [-0.39, 0.29) is 16.9 Å². The zero-order valence-electron chi connectivity index (χ0n) is 15.4. The first-order chi connectivity index (χ1) is 13.6. The van der Waals surface area contributed by atoms with Gasteiger partial charge in [-0.3, -0.25) is 9.59 Å². The summed E-state index contributed by atoms with van der Waals surface area (Å²) in [6.45, 7) is -0.215. The van der Waals surface area contributed by atoms with Gasteiger partial charge in [0, 0.05) is 5.56 Å². The predicted octanol–water partition coefficient (Wildman–Crippen LogP) is 3.63. The van der Waals surface area contributed by atoms with Crippen molar-refractivity contribution in [1.82, 2.24) is 4.57 Å². The number of ether oxygens (including phenoxy) is 1. The topological polar surface area (TPSA) is 60.7 Å². The van der Waals surface area contributed by atoms with Crippen molar-refractivity contribution < 1.29 is 18.7 Å². The van der Waals surface area contributed by atoms with E-state index in [1.54, 1.807) is 18.2 Å². The highest BCUT2D eigenvalue weighted by Gasteiger charge is 2.16. The van der Waals surface area contributed by atoms with Crippen LogP contribution in [-0.4, -0.2) is 23.6 Å². The van der Waals surface area contributed by atoms with Crippen molar-refractivity contribution in [2.24, 2.45) is 4.99 Å². The van der Waals surface area contributed by atoms with Gasteiger partial charge in [0.15, 0.2) is 4.80 Å². The molecule has 0 bridgehead atoms. The monoisotopic (exact) mass is 398 g/mol. The Morgan fingerprint density at radius 3 is 2.75 bits per heavy atom. The van der Waals surface area contributed by atoms with Gasteiger partial charge in [0.2, 0.25) is 0 Å². The summed E-state index contributed by atoms with van der Waals surface area (Å²) >= 11 is 1.17. The fourth-order valence-electron chi connectivity index (χ4n) is 3.53. The summed E-state index contributed by atoms with van der Waals surface area (Å²) in [5.41, 5.74) is 3.22. The molecule has 3 aromatic rings. The second kappa shape index (κ2) is 7.67. The number of fused-ring (bicyclic) bond motifs is 2. The van der Waals surface area contributed by atoms with Crippen LogP contribution < -0.4 is 4.80 Å². The molecule has 0 fully saturated rings. The highest BCUT2D eigenvalue weighted by atomic mass is 32.1. The van der Waals surface area contributed by atoms with Gasteiger partial charge in [-0.15, -0.1) is 0 Å². The Balaban J connectivity index is 1.80. The van der Waals surface area contributed by atoms with Gasteiger partial charge in [-0.25, -0.2) is 4.39 Å². The van der Waals surface area contributed by atoms with Crippen molar-refractivity contribution >= 4 is 33.4 Å². The maximum absolute atomic E-state index is 14.4. The van der Waals surface area contributed by atoms with Crippen molar-refractivity contribution in [3.63, 3.8) is 0 Å². The Labute approximate surface area is 165 Å². The molecule has 1 amide bonds. The predicted molar refractivity (Wildman–Crippen MR) is 105 cm³/mol. The number of aryl methyl sites for hydroxylation is 2. The number of carbonyl (C=O) groups excluding carboxylic acids is 2. The second-order valence-electron chi connectivity index (χ2n) is 6.74. The van der Waals surface area contributed by atoms with Crippen LogP contribution in [0.4, 0.5) is 4.39 Å². The molecule has 0 saturated heterocycles. The van der Waals surface area contributed by atoms with E-state index in [4.69, 9.17) is 4.74 Å². The van der Waals surface area contributed by atoms with Crippen LogP contribution in [0.25, 0.3) is 10.2 Å². The summed E-state index contributed by atoms with van der Waals surface area (Å²) in [4.78, 5) is 29.1. The normalized spacial score (nSPS) is 14.1. The number of hydrogen-bond acceptors (Lipinski definition) is 4. The zero-order chi connectivity index (χ0) is 19.7. The molecule has 1 aliphatic rings. The van der Waals surface area contributed by atoms with E-state index in [9.17, 15) is 14.0 Å². The summed E-state index contributed by atoms with van der Waals surface area (Å²) in [6, 6.07) is 10.3.